The molecule has 11 heteroatoms. The van der Waals surface area contributed by atoms with Gasteiger partial charge in [0, 0.05) is 42.9 Å². The van der Waals surface area contributed by atoms with Crippen LogP contribution in [0.2, 0.25) is 5.02 Å². The molecule has 1 N–H and O–H groups in total. The first-order valence-corrected chi connectivity index (χ1v) is 11.1. The van der Waals surface area contributed by atoms with E-state index in [0.717, 1.165) is 6.07 Å². The summed E-state index contributed by atoms with van der Waals surface area (Å²) in [4.78, 5) is 42.6. The highest BCUT2D eigenvalue weighted by Gasteiger charge is 2.39. The molecule has 3 aromatic rings. The normalized spacial score (nSPS) is 18.1. The molecule has 1 aromatic heterocycles. The SMILES string of the molecule is Cn1cc(-c2ccc3c(c2)CN(C2CCC(=O)NC2=O)C3=O)nc1-c1ccc(Cl)c(C(F)(F)F)c1. The predicted octanol–water partition coefficient (Wildman–Crippen LogP) is 4.19. The Morgan fingerprint density at radius 2 is 1.83 bits per heavy atom. The highest BCUT2D eigenvalue weighted by molar-refractivity contribution is 6.31. The number of alkyl halides is 3. The number of piperidine rings is 1. The lowest BCUT2D eigenvalue weighted by Crippen LogP contribution is -2.52. The van der Waals surface area contributed by atoms with E-state index in [9.17, 15) is 27.6 Å². The van der Waals surface area contributed by atoms with Crippen molar-refractivity contribution in [3.8, 4) is 22.6 Å². The molecule has 180 valence electrons. The number of imide groups is 1. The highest BCUT2D eigenvalue weighted by Crippen LogP contribution is 2.38. The van der Waals surface area contributed by atoms with E-state index in [-0.39, 0.29) is 41.8 Å². The number of amides is 3. The molecule has 35 heavy (non-hydrogen) atoms. The molecule has 1 saturated heterocycles. The molecule has 1 fully saturated rings. The molecule has 1 unspecified atom stereocenters. The number of aromatic nitrogens is 2. The summed E-state index contributed by atoms with van der Waals surface area (Å²) in [6.45, 7) is 0.208. The van der Waals surface area contributed by atoms with Crippen LogP contribution < -0.4 is 5.32 Å². The van der Waals surface area contributed by atoms with Crippen LogP contribution in [0.5, 0.6) is 0 Å². The maximum absolute atomic E-state index is 13.3. The number of hydrogen-bond donors (Lipinski definition) is 1. The molecule has 1 atom stereocenters. The van der Waals surface area contributed by atoms with Crippen molar-refractivity contribution in [2.45, 2.75) is 31.6 Å². The Morgan fingerprint density at radius 1 is 1.09 bits per heavy atom. The Kier molecular flexibility index (Phi) is 5.43. The van der Waals surface area contributed by atoms with Crippen molar-refractivity contribution in [2.24, 2.45) is 7.05 Å². The fraction of sp³-hybridized carbons (Fsp3) is 0.250. The van der Waals surface area contributed by atoms with Crippen LogP contribution in [0.4, 0.5) is 13.2 Å². The lowest BCUT2D eigenvalue weighted by molar-refractivity contribution is -0.138. The lowest BCUT2D eigenvalue weighted by Gasteiger charge is -2.29. The third kappa shape index (κ3) is 4.07. The van der Waals surface area contributed by atoms with Crippen LogP contribution >= 0.6 is 11.6 Å². The van der Waals surface area contributed by atoms with Gasteiger partial charge in [0.2, 0.25) is 11.8 Å². The van der Waals surface area contributed by atoms with E-state index in [0.29, 0.717) is 28.2 Å². The Labute approximate surface area is 202 Å². The topological polar surface area (TPSA) is 84.3 Å². The van der Waals surface area contributed by atoms with Crippen LogP contribution in [0.15, 0.2) is 42.6 Å². The summed E-state index contributed by atoms with van der Waals surface area (Å²) in [7, 11) is 1.68. The monoisotopic (exact) mass is 502 g/mol. The van der Waals surface area contributed by atoms with E-state index in [1.54, 1.807) is 36.0 Å². The van der Waals surface area contributed by atoms with Gasteiger partial charge in [0.25, 0.3) is 5.91 Å². The third-order valence-corrected chi connectivity index (χ3v) is 6.56. The summed E-state index contributed by atoms with van der Waals surface area (Å²) in [6, 6.07) is 8.06. The van der Waals surface area contributed by atoms with Crippen molar-refractivity contribution in [3.63, 3.8) is 0 Å². The van der Waals surface area contributed by atoms with Gasteiger partial charge in [-0.2, -0.15) is 13.2 Å². The van der Waals surface area contributed by atoms with Crippen LogP contribution in [0.3, 0.4) is 0 Å². The van der Waals surface area contributed by atoms with Crippen molar-refractivity contribution in [1.29, 1.82) is 0 Å². The molecule has 0 spiro atoms. The number of carbonyl (C=O) groups is 3. The standard InChI is InChI=1S/C24H18ClF3N4O3/c1-31-11-18(29-21(31)13-3-5-17(25)16(9-13)24(26,27)28)12-2-4-15-14(8-12)10-32(23(15)35)19-6-7-20(33)30-22(19)34/h2-5,8-9,11,19H,6-7,10H2,1H3,(H,30,33,34). The number of aryl methyl sites for hydroxylation is 1. The summed E-state index contributed by atoms with van der Waals surface area (Å²) < 4.78 is 41.5. The number of carbonyl (C=O) groups excluding carboxylic acids is 3. The first-order valence-electron chi connectivity index (χ1n) is 10.7. The summed E-state index contributed by atoms with van der Waals surface area (Å²) in [6.07, 6.45) is -2.48. The maximum Gasteiger partial charge on any atom is 0.417 e. The molecular weight excluding hydrogens is 485 g/mol. The van der Waals surface area contributed by atoms with Gasteiger partial charge in [-0.3, -0.25) is 19.7 Å². The van der Waals surface area contributed by atoms with Crippen LogP contribution in [-0.4, -0.2) is 38.2 Å². The molecule has 2 aliphatic rings. The average molecular weight is 503 g/mol. The molecule has 2 aromatic carbocycles. The number of rotatable bonds is 3. The molecule has 5 rings (SSSR count). The summed E-state index contributed by atoms with van der Waals surface area (Å²) in [5, 5.41) is 1.88. The number of imidazole rings is 1. The molecule has 3 heterocycles. The minimum atomic E-state index is -4.60. The van der Waals surface area contributed by atoms with Gasteiger partial charge in [-0.15, -0.1) is 0 Å². The summed E-state index contributed by atoms with van der Waals surface area (Å²) in [5.74, 6) is -0.808. The Balaban J connectivity index is 1.45. The number of halogens is 4. The molecular formula is C24H18ClF3N4O3. The fourth-order valence-corrected chi connectivity index (χ4v) is 4.71. The second kappa shape index (κ2) is 8.23. The van der Waals surface area contributed by atoms with Crippen molar-refractivity contribution in [3.05, 3.63) is 64.3 Å². The third-order valence-electron chi connectivity index (χ3n) is 6.23. The number of nitrogens with one attached hydrogen (secondary N) is 1. The van der Waals surface area contributed by atoms with E-state index in [4.69, 9.17) is 11.6 Å². The first kappa shape index (κ1) is 23.1. The number of benzene rings is 2. The Hall–Kier alpha value is -3.66. The van der Waals surface area contributed by atoms with E-state index >= 15 is 0 Å². The van der Waals surface area contributed by atoms with Gasteiger partial charge >= 0.3 is 6.18 Å². The second-order valence-electron chi connectivity index (χ2n) is 8.52. The zero-order chi connectivity index (χ0) is 25.1. The van der Waals surface area contributed by atoms with Gasteiger partial charge in [-0.05, 0) is 42.3 Å². The van der Waals surface area contributed by atoms with E-state index < -0.39 is 23.7 Å². The minimum Gasteiger partial charge on any atom is -0.333 e. The molecule has 7 nitrogen and oxygen atoms in total. The van der Waals surface area contributed by atoms with E-state index in [1.165, 1.54) is 17.0 Å². The highest BCUT2D eigenvalue weighted by atomic mass is 35.5. The maximum atomic E-state index is 13.3. The minimum absolute atomic E-state index is 0.166. The van der Waals surface area contributed by atoms with Gasteiger partial charge in [-0.25, -0.2) is 4.98 Å². The van der Waals surface area contributed by atoms with Crippen LogP contribution in [-0.2, 0) is 29.4 Å². The summed E-state index contributed by atoms with van der Waals surface area (Å²) >= 11 is 5.74. The zero-order valence-corrected chi connectivity index (χ0v) is 19.1. The van der Waals surface area contributed by atoms with Crippen LogP contribution in [0.1, 0.15) is 34.3 Å². The number of hydrogen-bond acceptors (Lipinski definition) is 4. The molecule has 0 radical (unpaired) electrons. The average Bonchev–Trinajstić information content (AvgIpc) is 3.33. The second-order valence-corrected chi connectivity index (χ2v) is 8.93. The van der Waals surface area contributed by atoms with E-state index in [1.807, 2.05) is 0 Å². The lowest BCUT2D eigenvalue weighted by atomic mass is 10.0. The Morgan fingerprint density at radius 3 is 2.54 bits per heavy atom. The molecule has 0 saturated carbocycles. The molecule has 2 aliphatic heterocycles. The molecule has 0 bridgehead atoms. The van der Waals surface area contributed by atoms with Crippen molar-refractivity contribution >= 4 is 29.3 Å². The van der Waals surface area contributed by atoms with Crippen LogP contribution in [0, 0.1) is 0 Å². The van der Waals surface area contributed by atoms with Gasteiger partial charge in [0.15, 0.2) is 0 Å². The van der Waals surface area contributed by atoms with Crippen molar-refractivity contribution in [2.75, 3.05) is 0 Å². The fourth-order valence-electron chi connectivity index (χ4n) is 4.49. The van der Waals surface area contributed by atoms with Gasteiger partial charge in [0.1, 0.15) is 11.9 Å². The molecule has 0 aliphatic carbocycles. The smallest absolute Gasteiger partial charge is 0.333 e. The summed E-state index contributed by atoms with van der Waals surface area (Å²) in [5.41, 5.74) is 1.67. The van der Waals surface area contributed by atoms with Crippen molar-refractivity contribution in [1.82, 2.24) is 19.8 Å². The van der Waals surface area contributed by atoms with Gasteiger partial charge < -0.3 is 9.47 Å². The number of nitrogens with zero attached hydrogens (tertiary/aromatic N) is 3. The Bertz CT molecular complexity index is 1400. The number of fused-ring (bicyclic) bond motifs is 1. The first-order chi connectivity index (χ1) is 16.5. The zero-order valence-electron chi connectivity index (χ0n) is 18.3. The van der Waals surface area contributed by atoms with Crippen LogP contribution in [0.25, 0.3) is 22.6 Å². The predicted molar refractivity (Wildman–Crippen MR) is 120 cm³/mol. The van der Waals surface area contributed by atoms with Crippen molar-refractivity contribution < 1.29 is 27.6 Å². The molecule has 3 amide bonds. The quantitative estimate of drug-likeness (QED) is 0.544. The van der Waals surface area contributed by atoms with Gasteiger partial charge in [0.05, 0.1) is 16.3 Å². The largest absolute Gasteiger partial charge is 0.417 e. The van der Waals surface area contributed by atoms with E-state index in [2.05, 4.69) is 10.3 Å². The van der Waals surface area contributed by atoms with Gasteiger partial charge in [-0.1, -0.05) is 17.7 Å².